The van der Waals surface area contributed by atoms with Crippen molar-refractivity contribution in [2.45, 2.75) is 13.5 Å². The summed E-state index contributed by atoms with van der Waals surface area (Å²) in [6.45, 7) is 4.38. The number of rotatable bonds is 7. The number of nitrogens with zero attached hydrogens (tertiary/aromatic N) is 8. The number of ether oxygens (including phenoxy) is 1. The second kappa shape index (κ2) is 10.9. The SMILES string of the molecule is Cc1ccnc(-c2cccc(Nc3ccc(CN=Nc4ncc(F)c(N5CCOCC5)n4)nc3)c2)n1. The summed E-state index contributed by atoms with van der Waals surface area (Å²) >= 11 is 0. The zero-order valence-electron chi connectivity index (χ0n) is 19.7. The highest BCUT2D eigenvalue weighted by Crippen LogP contribution is 2.23. The van der Waals surface area contributed by atoms with Gasteiger partial charge in [-0.3, -0.25) is 4.98 Å². The summed E-state index contributed by atoms with van der Waals surface area (Å²) < 4.78 is 19.5. The molecule has 0 unspecified atom stereocenters. The molecule has 10 nitrogen and oxygen atoms in total. The van der Waals surface area contributed by atoms with E-state index in [2.05, 4.69) is 40.5 Å². The Bertz CT molecular complexity index is 1360. The number of azo groups is 1. The second-order valence-electron chi connectivity index (χ2n) is 8.11. The van der Waals surface area contributed by atoms with Crippen LogP contribution >= 0.6 is 0 Å². The van der Waals surface area contributed by atoms with E-state index in [1.165, 1.54) is 0 Å². The van der Waals surface area contributed by atoms with E-state index in [4.69, 9.17) is 4.74 Å². The first-order valence-electron chi connectivity index (χ1n) is 11.5. The quantitative estimate of drug-likeness (QED) is 0.377. The predicted octanol–water partition coefficient (Wildman–Crippen LogP) is 4.64. The van der Waals surface area contributed by atoms with Gasteiger partial charge in [-0.05, 0) is 37.3 Å². The van der Waals surface area contributed by atoms with Gasteiger partial charge in [0.1, 0.15) is 6.54 Å². The molecule has 0 saturated carbocycles. The second-order valence-corrected chi connectivity index (χ2v) is 8.11. The molecule has 36 heavy (non-hydrogen) atoms. The summed E-state index contributed by atoms with van der Waals surface area (Å²) in [5.41, 5.74) is 4.29. The van der Waals surface area contributed by atoms with Crippen molar-refractivity contribution >= 4 is 23.1 Å². The van der Waals surface area contributed by atoms with E-state index in [9.17, 15) is 4.39 Å². The van der Waals surface area contributed by atoms with Crippen LogP contribution in [0.4, 0.5) is 27.5 Å². The van der Waals surface area contributed by atoms with Crippen molar-refractivity contribution in [3.63, 3.8) is 0 Å². The fraction of sp³-hybridized carbons (Fsp3) is 0.240. The first-order valence-corrected chi connectivity index (χ1v) is 11.5. The maximum absolute atomic E-state index is 14.2. The minimum atomic E-state index is -0.488. The lowest BCUT2D eigenvalue weighted by Crippen LogP contribution is -2.37. The van der Waals surface area contributed by atoms with E-state index >= 15 is 0 Å². The van der Waals surface area contributed by atoms with Gasteiger partial charge in [-0.15, -0.1) is 5.11 Å². The Morgan fingerprint density at radius 1 is 1.00 bits per heavy atom. The number of benzene rings is 1. The molecule has 1 aliphatic rings. The third kappa shape index (κ3) is 5.81. The number of hydrogen-bond donors (Lipinski definition) is 1. The summed E-state index contributed by atoms with van der Waals surface area (Å²) in [5, 5.41) is 11.5. The lowest BCUT2D eigenvalue weighted by molar-refractivity contribution is 0.122. The molecule has 1 saturated heterocycles. The van der Waals surface area contributed by atoms with E-state index in [1.54, 1.807) is 12.4 Å². The van der Waals surface area contributed by atoms with Crippen LogP contribution in [-0.2, 0) is 11.3 Å². The minimum Gasteiger partial charge on any atom is -0.378 e. The van der Waals surface area contributed by atoms with Crippen LogP contribution in [0.3, 0.4) is 0 Å². The van der Waals surface area contributed by atoms with Gasteiger partial charge in [-0.1, -0.05) is 12.1 Å². The standard InChI is InChI=1S/C25H24FN9O/c1-17-7-8-27-23(31-17)18-3-2-4-19(13-18)32-21-6-5-20(28-14-21)15-30-34-25-29-16-22(26)24(33-25)35-9-11-36-12-10-35/h2-8,13-14,16,32H,9-12,15H2,1H3. The zero-order valence-corrected chi connectivity index (χ0v) is 19.7. The van der Waals surface area contributed by atoms with Crippen molar-refractivity contribution in [3.8, 4) is 11.4 Å². The summed E-state index contributed by atoms with van der Waals surface area (Å²) in [6.07, 6.45) is 4.60. The van der Waals surface area contributed by atoms with Crippen molar-refractivity contribution in [2.24, 2.45) is 10.2 Å². The summed E-state index contributed by atoms with van der Waals surface area (Å²) in [6, 6.07) is 13.5. The Labute approximate surface area is 207 Å². The van der Waals surface area contributed by atoms with Gasteiger partial charge in [0.05, 0.1) is 37.0 Å². The molecule has 1 N–H and O–H groups in total. The minimum absolute atomic E-state index is 0.105. The number of pyridine rings is 1. The molecule has 0 amide bonds. The Morgan fingerprint density at radius 2 is 1.89 bits per heavy atom. The van der Waals surface area contributed by atoms with Crippen LogP contribution in [-0.4, -0.2) is 51.2 Å². The van der Waals surface area contributed by atoms with E-state index in [-0.39, 0.29) is 18.3 Å². The van der Waals surface area contributed by atoms with Crippen molar-refractivity contribution in [2.75, 3.05) is 36.5 Å². The van der Waals surface area contributed by atoms with Crippen molar-refractivity contribution in [1.82, 2.24) is 24.9 Å². The molecule has 0 aliphatic carbocycles. The van der Waals surface area contributed by atoms with Gasteiger partial charge in [0, 0.05) is 36.2 Å². The van der Waals surface area contributed by atoms with Crippen LogP contribution in [0.1, 0.15) is 11.4 Å². The summed E-state index contributed by atoms with van der Waals surface area (Å²) in [4.78, 5) is 23.2. The first kappa shape index (κ1) is 23.4. The summed E-state index contributed by atoms with van der Waals surface area (Å²) in [5.74, 6) is 0.514. The molecule has 4 heterocycles. The molecule has 1 aromatic carbocycles. The average Bonchev–Trinajstić information content (AvgIpc) is 2.91. The molecule has 0 spiro atoms. The van der Waals surface area contributed by atoms with Gasteiger partial charge in [-0.25, -0.2) is 19.3 Å². The normalized spacial score (nSPS) is 13.8. The molecule has 0 radical (unpaired) electrons. The number of halogens is 1. The Balaban J connectivity index is 1.21. The lowest BCUT2D eigenvalue weighted by atomic mass is 10.2. The molecule has 0 atom stereocenters. The van der Waals surface area contributed by atoms with Gasteiger partial charge in [-0.2, -0.15) is 10.1 Å². The van der Waals surface area contributed by atoms with Gasteiger partial charge in [0.15, 0.2) is 17.5 Å². The third-order valence-electron chi connectivity index (χ3n) is 5.45. The van der Waals surface area contributed by atoms with Gasteiger partial charge in [0.2, 0.25) is 0 Å². The van der Waals surface area contributed by atoms with Gasteiger partial charge < -0.3 is 15.0 Å². The maximum atomic E-state index is 14.2. The fourth-order valence-electron chi connectivity index (χ4n) is 3.65. The topological polar surface area (TPSA) is 114 Å². The molecule has 11 heteroatoms. The van der Waals surface area contributed by atoms with Gasteiger partial charge >= 0.3 is 0 Å². The average molecular weight is 486 g/mol. The van der Waals surface area contributed by atoms with Crippen LogP contribution in [0, 0.1) is 12.7 Å². The molecule has 0 bridgehead atoms. The van der Waals surface area contributed by atoms with Crippen LogP contribution < -0.4 is 10.2 Å². The van der Waals surface area contributed by atoms with Crippen LogP contribution in [0.25, 0.3) is 11.4 Å². The molecule has 5 rings (SSSR count). The monoisotopic (exact) mass is 485 g/mol. The Kier molecular flexibility index (Phi) is 7.08. The number of aromatic nitrogens is 5. The highest BCUT2D eigenvalue weighted by Gasteiger charge is 2.17. The highest BCUT2D eigenvalue weighted by molar-refractivity contribution is 5.66. The molecule has 182 valence electrons. The predicted molar refractivity (Wildman–Crippen MR) is 133 cm³/mol. The van der Waals surface area contributed by atoms with E-state index in [0.717, 1.165) is 34.5 Å². The van der Waals surface area contributed by atoms with Crippen molar-refractivity contribution in [1.29, 1.82) is 0 Å². The molecule has 4 aromatic rings. The number of nitrogens with one attached hydrogen (secondary N) is 1. The van der Waals surface area contributed by atoms with E-state index < -0.39 is 5.82 Å². The molecule has 3 aromatic heterocycles. The van der Waals surface area contributed by atoms with Crippen molar-refractivity contribution < 1.29 is 9.13 Å². The number of aryl methyl sites for hydroxylation is 1. The van der Waals surface area contributed by atoms with Crippen LogP contribution in [0.5, 0.6) is 0 Å². The molecular weight excluding hydrogens is 461 g/mol. The number of anilines is 3. The van der Waals surface area contributed by atoms with Gasteiger partial charge in [0.25, 0.3) is 5.95 Å². The lowest BCUT2D eigenvalue weighted by Gasteiger charge is -2.27. The first-order chi connectivity index (χ1) is 17.6. The smallest absolute Gasteiger partial charge is 0.270 e. The summed E-state index contributed by atoms with van der Waals surface area (Å²) in [7, 11) is 0. The zero-order chi connectivity index (χ0) is 24.7. The number of morpholine rings is 1. The Morgan fingerprint density at radius 3 is 2.69 bits per heavy atom. The fourth-order valence-corrected chi connectivity index (χ4v) is 3.65. The molecular formula is C25H24FN9O. The molecule has 1 fully saturated rings. The largest absolute Gasteiger partial charge is 0.378 e. The maximum Gasteiger partial charge on any atom is 0.270 e. The number of hydrogen-bond acceptors (Lipinski definition) is 10. The van der Waals surface area contributed by atoms with Crippen LogP contribution in [0.15, 0.2) is 71.3 Å². The van der Waals surface area contributed by atoms with E-state index in [1.807, 2.05) is 54.3 Å². The third-order valence-corrected chi connectivity index (χ3v) is 5.45. The van der Waals surface area contributed by atoms with E-state index in [0.29, 0.717) is 32.1 Å². The van der Waals surface area contributed by atoms with Crippen LogP contribution in [0.2, 0.25) is 0 Å². The molecule has 1 aliphatic heterocycles. The Hall–Kier alpha value is -4.38. The highest BCUT2D eigenvalue weighted by atomic mass is 19.1. The van der Waals surface area contributed by atoms with Crippen molar-refractivity contribution in [3.05, 3.63) is 78.3 Å².